The Bertz CT molecular complexity index is 2090. The maximum Gasteiger partial charge on any atom is 0.480 e. The van der Waals surface area contributed by atoms with Gasteiger partial charge in [0.25, 0.3) is 5.19 Å². The zero-order valence-electron chi connectivity index (χ0n) is 33.8. The molecule has 1 amide bonds. The third kappa shape index (κ3) is 10.1. The Kier molecular flexibility index (Phi) is 13.3. The number of aromatic nitrogens is 3. The molecule has 2 fully saturated rings. The predicted molar refractivity (Wildman–Crippen MR) is 221 cm³/mol. The normalized spacial score (nSPS) is 18.2. The molecule has 2 bridgehead atoms. The van der Waals surface area contributed by atoms with E-state index in [1.165, 1.54) is 30.6 Å². The number of fused-ring (bicyclic) bond motifs is 4. The number of rotatable bonds is 16. The van der Waals surface area contributed by atoms with Crippen LogP contribution in [-0.4, -0.2) is 94.4 Å². The van der Waals surface area contributed by atoms with Crippen molar-refractivity contribution < 1.29 is 42.9 Å². The molecular formula is C41H53BFN5O8S. The minimum atomic E-state index is -1.79. The second-order valence-corrected chi connectivity index (χ2v) is 17.0. The van der Waals surface area contributed by atoms with Crippen molar-refractivity contribution in [3.8, 4) is 22.7 Å². The van der Waals surface area contributed by atoms with E-state index >= 15 is 4.39 Å². The highest BCUT2D eigenvalue weighted by atomic mass is 32.1. The zero-order chi connectivity index (χ0) is 40.9. The lowest BCUT2D eigenvalue weighted by Gasteiger charge is -2.41. The first-order chi connectivity index (χ1) is 27.2. The SMILES string of the molecule is C/C=C\C[C@@](C)(CCCC)COc1nc(N2CC3CCC(C2)N3C(=O)OC(C)(C)C)c2nc(Oc3cc(OCOC)cc4ccc(F)c(/C=C/B(O)O)c34)sc2n1. The number of unbranched alkanes of at least 4 members (excludes halogenated alkanes) is 1. The van der Waals surface area contributed by atoms with Crippen LogP contribution >= 0.6 is 11.3 Å². The molecule has 2 aromatic heterocycles. The van der Waals surface area contributed by atoms with Gasteiger partial charge in [0, 0.05) is 42.6 Å². The molecule has 2 unspecified atom stereocenters. The molecule has 0 radical (unpaired) electrons. The smallest absolute Gasteiger partial charge is 0.467 e. The van der Waals surface area contributed by atoms with E-state index in [1.807, 2.05) is 32.6 Å². The minimum absolute atomic E-state index is 0.0339. The number of piperazine rings is 1. The van der Waals surface area contributed by atoms with Gasteiger partial charge in [0.15, 0.2) is 17.4 Å². The van der Waals surface area contributed by atoms with Crippen molar-refractivity contribution >= 4 is 57.6 Å². The number of hydrogen-bond donors (Lipinski definition) is 2. The van der Waals surface area contributed by atoms with Crippen LogP contribution < -0.4 is 19.1 Å². The Labute approximate surface area is 337 Å². The van der Waals surface area contributed by atoms with E-state index in [9.17, 15) is 14.8 Å². The Morgan fingerprint density at radius 3 is 2.51 bits per heavy atom. The van der Waals surface area contributed by atoms with Crippen molar-refractivity contribution in [2.24, 2.45) is 5.41 Å². The maximum atomic E-state index is 15.4. The highest BCUT2D eigenvalue weighted by Crippen LogP contribution is 2.43. The first-order valence-electron chi connectivity index (χ1n) is 19.5. The van der Waals surface area contributed by atoms with Gasteiger partial charge < -0.3 is 38.6 Å². The fourth-order valence-corrected chi connectivity index (χ4v) is 8.19. The van der Waals surface area contributed by atoms with Gasteiger partial charge in [0.1, 0.15) is 28.4 Å². The quantitative estimate of drug-likeness (QED) is 0.0638. The first-order valence-corrected chi connectivity index (χ1v) is 20.3. The predicted octanol–water partition coefficient (Wildman–Crippen LogP) is 8.31. The molecule has 2 aromatic carbocycles. The number of nitrogens with zero attached hydrogens (tertiary/aromatic N) is 5. The van der Waals surface area contributed by atoms with Gasteiger partial charge in [-0.15, -0.1) is 0 Å². The molecule has 4 aromatic rings. The molecule has 6 rings (SSSR count). The minimum Gasteiger partial charge on any atom is -0.467 e. The summed E-state index contributed by atoms with van der Waals surface area (Å²) in [6, 6.07) is 6.25. The highest BCUT2D eigenvalue weighted by molar-refractivity contribution is 7.19. The summed E-state index contributed by atoms with van der Waals surface area (Å²) in [5, 5.41) is 20.3. The van der Waals surface area contributed by atoms with Gasteiger partial charge in [0.2, 0.25) is 0 Å². The number of amides is 1. The largest absolute Gasteiger partial charge is 0.480 e. The monoisotopic (exact) mass is 805 g/mol. The molecule has 4 heterocycles. The number of halogens is 1. The van der Waals surface area contributed by atoms with Crippen LogP contribution in [0.5, 0.6) is 22.7 Å². The summed E-state index contributed by atoms with van der Waals surface area (Å²) in [6.07, 6.45) is 10.8. The fourth-order valence-electron chi connectivity index (χ4n) is 7.40. The lowest BCUT2D eigenvalue weighted by Crippen LogP contribution is -2.57. The lowest BCUT2D eigenvalue weighted by molar-refractivity contribution is 0.0122. The van der Waals surface area contributed by atoms with Crippen LogP contribution in [0.2, 0.25) is 0 Å². The zero-order valence-corrected chi connectivity index (χ0v) is 34.6. The van der Waals surface area contributed by atoms with Crippen molar-refractivity contribution in [2.45, 2.75) is 97.8 Å². The summed E-state index contributed by atoms with van der Waals surface area (Å²) in [5.41, 5.74) is -0.154. The molecule has 2 aliphatic heterocycles. The van der Waals surface area contributed by atoms with Gasteiger partial charge in [-0.3, -0.25) is 4.90 Å². The van der Waals surface area contributed by atoms with Crippen LogP contribution in [0.4, 0.5) is 15.0 Å². The van der Waals surface area contributed by atoms with E-state index in [1.54, 1.807) is 18.2 Å². The van der Waals surface area contributed by atoms with Crippen LogP contribution in [0, 0.1) is 11.2 Å². The van der Waals surface area contributed by atoms with E-state index in [0.29, 0.717) is 52.4 Å². The van der Waals surface area contributed by atoms with E-state index in [2.05, 4.69) is 30.9 Å². The Balaban J connectivity index is 1.41. The van der Waals surface area contributed by atoms with Crippen molar-refractivity contribution in [2.75, 3.05) is 38.5 Å². The number of ether oxygens (including phenoxy) is 5. The van der Waals surface area contributed by atoms with Crippen LogP contribution in [0.25, 0.3) is 27.2 Å². The molecule has 0 aliphatic carbocycles. The van der Waals surface area contributed by atoms with E-state index in [-0.39, 0.29) is 52.9 Å². The van der Waals surface area contributed by atoms with Crippen LogP contribution in [0.1, 0.15) is 85.6 Å². The average molecular weight is 806 g/mol. The van der Waals surface area contributed by atoms with Gasteiger partial charge in [-0.25, -0.2) is 9.18 Å². The standard InChI is InChI=1S/C41H53BFN5O8S/c1-8-10-17-41(6,18-11-9-2)24-53-37-45-35(47-22-27-13-14-28(23-47)48(27)39(49)56-40(3,4)5)34-36(46-37)57-38(44-34)55-32-21-29(54-25-52-7)20-26-12-15-31(43)30(33(26)32)16-19-42(50)51/h8,10,12,15-16,19-21,27-28,50-51H,9,11,13-14,17-18,22-25H2,1-7H3/b10-8-,19-16+/t27?,28?,41-/m0/s1. The second kappa shape index (κ2) is 18.0. The third-order valence-corrected chi connectivity index (χ3v) is 11.0. The topological polar surface area (TPSA) is 149 Å². The summed E-state index contributed by atoms with van der Waals surface area (Å²) in [6.45, 7) is 13.4. The van der Waals surface area contributed by atoms with Gasteiger partial charge in [-0.1, -0.05) is 68.3 Å². The lowest BCUT2D eigenvalue weighted by atomic mass is 9.82. The number of carbonyl (C=O) groups excluding carboxylic acids is 1. The second-order valence-electron chi connectivity index (χ2n) is 16.0. The molecule has 306 valence electrons. The molecule has 2 N–H and O–H groups in total. The van der Waals surface area contributed by atoms with Crippen molar-refractivity contribution in [3.05, 3.63) is 53.8 Å². The molecule has 0 saturated carbocycles. The highest BCUT2D eigenvalue weighted by Gasteiger charge is 2.45. The summed E-state index contributed by atoms with van der Waals surface area (Å²) in [5.74, 6) is 1.67. The van der Waals surface area contributed by atoms with Gasteiger partial charge in [-0.05, 0) is 70.9 Å². The summed E-state index contributed by atoms with van der Waals surface area (Å²) in [7, 11) is -0.286. The number of methoxy groups -OCH3 is 1. The van der Waals surface area contributed by atoms with E-state index in [0.717, 1.165) is 44.5 Å². The third-order valence-electron chi connectivity index (χ3n) is 10.1. The maximum absolute atomic E-state index is 15.4. The molecule has 2 aliphatic rings. The van der Waals surface area contributed by atoms with Gasteiger partial charge in [-0.2, -0.15) is 15.0 Å². The van der Waals surface area contributed by atoms with Gasteiger partial charge in [0.05, 0.1) is 18.7 Å². The van der Waals surface area contributed by atoms with Gasteiger partial charge >= 0.3 is 19.2 Å². The molecule has 0 spiro atoms. The summed E-state index contributed by atoms with van der Waals surface area (Å²) < 4.78 is 45.0. The van der Waals surface area contributed by atoms with E-state index < -0.39 is 18.5 Å². The number of carbonyl (C=O) groups is 1. The molecular weight excluding hydrogens is 752 g/mol. The molecule has 57 heavy (non-hydrogen) atoms. The van der Waals surface area contributed by atoms with Crippen molar-refractivity contribution in [3.63, 3.8) is 0 Å². The number of allylic oxidation sites excluding steroid dienone is 2. The van der Waals surface area contributed by atoms with Crippen molar-refractivity contribution in [1.29, 1.82) is 0 Å². The number of anilines is 1. The molecule has 2 saturated heterocycles. The summed E-state index contributed by atoms with van der Waals surface area (Å²) >= 11 is 1.19. The average Bonchev–Trinajstić information content (AvgIpc) is 3.69. The Hall–Kier alpha value is -4.51. The Morgan fingerprint density at radius 1 is 1.09 bits per heavy atom. The summed E-state index contributed by atoms with van der Waals surface area (Å²) in [4.78, 5) is 32.6. The number of thiazole rings is 1. The number of benzene rings is 2. The molecule has 3 atom stereocenters. The number of hydrogen-bond acceptors (Lipinski definition) is 13. The van der Waals surface area contributed by atoms with Crippen LogP contribution in [-0.2, 0) is 9.47 Å². The fraction of sp³-hybridized carbons (Fsp3) is 0.512. The van der Waals surface area contributed by atoms with Crippen molar-refractivity contribution in [1.82, 2.24) is 19.9 Å². The molecule has 16 heteroatoms. The van der Waals surface area contributed by atoms with Crippen LogP contribution in [0.3, 0.4) is 0 Å². The Morgan fingerprint density at radius 2 is 1.84 bits per heavy atom. The van der Waals surface area contributed by atoms with E-state index in [4.69, 9.17) is 38.6 Å². The first kappa shape index (κ1) is 42.1. The van der Waals surface area contributed by atoms with Crippen LogP contribution in [0.15, 0.2) is 42.4 Å². The molecule has 13 nitrogen and oxygen atoms in total.